The number of fused-ring (bicyclic) bond motifs is 2. The topological polar surface area (TPSA) is 52.3 Å². The minimum absolute atomic E-state index is 0.745. The summed E-state index contributed by atoms with van der Waals surface area (Å²) in [6, 6.07) is 13.7. The van der Waals surface area contributed by atoms with Crippen LogP contribution in [0.5, 0.6) is 0 Å². The van der Waals surface area contributed by atoms with Crippen LogP contribution in [0.2, 0.25) is 0 Å². The van der Waals surface area contributed by atoms with Gasteiger partial charge in [0.1, 0.15) is 11.3 Å². The molecule has 0 aliphatic rings. The van der Waals surface area contributed by atoms with E-state index in [-0.39, 0.29) is 0 Å². The summed E-state index contributed by atoms with van der Waals surface area (Å²) in [7, 11) is 0. The molecule has 0 saturated heterocycles. The molecule has 2 aromatic carbocycles. The lowest BCUT2D eigenvalue weighted by Gasteiger charge is -2.08. The van der Waals surface area contributed by atoms with E-state index in [4.69, 9.17) is 14.6 Å². The first-order valence-corrected chi connectivity index (χ1v) is 6.07. The fourth-order valence-corrected chi connectivity index (χ4v) is 2.58. The van der Waals surface area contributed by atoms with E-state index in [2.05, 4.69) is 0 Å². The molecule has 3 nitrogen and oxygen atoms in total. The number of nitrogen functional groups attached to an aromatic ring is 1. The van der Waals surface area contributed by atoms with Crippen molar-refractivity contribution in [2.45, 2.75) is 0 Å². The molecular formula is C16H11NO2. The van der Waals surface area contributed by atoms with Crippen LogP contribution in [0, 0.1) is 0 Å². The molecule has 0 bridgehead atoms. The molecule has 4 aromatic rings. The molecule has 4 rings (SSSR count). The van der Waals surface area contributed by atoms with Crippen molar-refractivity contribution in [1.29, 1.82) is 0 Å². The van der Waals surface area contributed by atoms with E-state index >= 15 is 0 Å². The smallest absolute Gasteiger partial charge is 0.147 e. The highest BCUT2D eigenvalue weighted by atomic mass is 16.3. The zero-order chi connectivity index (χ0) is 12.8. The van der Waals surface area contributed by atoms with E-state index in [0.29, 0.717) is 0 Å². The average molecular weight is 249 g/mol. The van der Waals surface area contributed by atoms with Gasteiger partial charge in [0.2, 0.25) is 0 Å². The maximum atomic E-state index is 6.23. The number of nitrogens with two attached hydrogens (primary N) is 1. The first kappa shape index (κ1) is 10.3. The highest BCUT2D eigenvalue weighted by molar-refractivity contribution is 6.17. The second-order valence-corrected chi connectivity index (χ2v) is 4.47. The fraction of sp³-hybridized carbons (Fsp3) is 0. The summed E-state index contributed by atoms with van der Waals surface area (Å²) in [5.74, 6) is 0.788. The van der Waals surface area contributed by atoms with Crippen molar-refractivity contribution in [2.75, 3.05) is 5.73 Å². The maximum Gasteiger partial charge on any atom is 0.147 e. The number of benzene rings is 2. The molecule has 92 valence electrons. The quantitative estimate of drug-likeness (QED) is 0.508. The lowest BCUT2D eigenvalue weighted by atomic mass is 9.98. The van der Waals surface area contributed by atoms with Gasteiger partial charge >= 0.3 is 0 Å². The molecule has 0 aliphatic carbocycles. The zero-order valence-electron chi connectivity index (χ0n) is 10.1. The second kappa shape index (κ2) is 3.65. The normalized spacial score (nSPS) is 11.4. The summed E-state index contributed by atoms with van der Waals surface area (Å²) in [5, 5.41) is 2.98. The Balaban J connectivity index is 2.30. The number of rotatable bonds is 1. The van der Waals surface area contributed by atoms with Gasteiger partial charge in [0.15, 0.2) is 0 Å². The second-order valence-electron chi connectivity index (χ2n) is 4.47. The highest BCUT2D eigenvalue weighted by Crippen LogP contribution is 2.40. The Bertz CT molecular complexity index is 872. The Morgan fingerprint density at radius 2 is 1.58 bits per heavy atom. The zero-order valence-corrected chi connectivity index (χ0v) is 10.1. The molecule has 2 N–H and O–H groups in total. The van der Waals surface area contributed by atoms with Crippen molar-refractivity contribution in [3.8, 4) is 11.3 Å². The largest absolute Gasteiger partial charge is 0.464 e. The van der Waals surface area contributed by atoms with Crippen LogP contribution in [0.1, 0.15) is 0 Å². The minimum Gasteiger partial charge on any atom is -0.464 e. The van der Waals surface area contributed by atoms with E-state index in [1.54, 1.807) is 12.5 Å². The van der Waals surface area contributed by atoms with Crippen molar-refractivity contribution < 1.29 is 8.83 Å². The van der Waals surface area contributed by atoms with Gasteiger partial charge in [-0.15, -0.1) is 0 Å². The van der Waals surface area contributed by atoms with Crippen LogP contribution in [-0.4, -0.2) is 0 Å². The minimum atomic E-state index is 0.745. The van der Waals surface area contributed by atoms with Crippen LogP contribution < -0.4 is 5.73 Å². The Hall–Kier alpha value is -2.68. The third-order valence-electron chi connectivity index (χ3n) is 3.44. The van der Waals surface area contributed by atoms with Crippen molar-refractivity contribution >= 4 is 27.4 Å². The predicted molar refractivity (Wildman–Crippen MR) is 75.8 cm³/mol. The number of anilines is 1. The van der Waals surface area contributed by atoms with E-state index in [1.807, 2.05) is 42.5 Å². The number of furan rings is 2. The van der Waals surface area contributed by atoms with Gasteiger partial charge in [0.25, 0.3) is 0 Å². The van der Waals surface area contributed by atoms with Crippen LogP contribution in [0.25, 0.3) is 33.1 Å². The molecule has 3 heteroatoms. The molecule has 19 heavy (non-hydrogen) atoms. The van der Waals surface area contributed by atoms with Crippen LogP contribution in [-0.2, 0) is 0 Å². The number of hydrogen-bond donors (Lipinski definition) is 1. The first-order chi connectivity index (χ1) is 9.36. The molecular weight excluding hydrogens is 238 g/mol. The lowest BCUT2D eigenvalue weighted by molar-refractivity contribution is 0.578. The molecule has 2 heterocycles. The third kappa shape index (κ3) is 1.32. The van der Waals surface area contributed by atoms with Crippen LogP contribution in [0.3, 0.4) is 0 Å². The van der Waals surface area contributed by atoms with Crippen molar-refractivity contribution in [3.63, 3.8) is 0 Å². The van der Waals surface area contributed by atoms with Crippen LogP contribution in [0.15, 0.2) is 63.8 Å². The van der Waals surface area contributed by atoms with Gasteiger partial charge in [-0.05, 0) is 23.6 Å². The highest BCUT2D eigenvalue weighted by Gasteiger charge is 2.17. The van der Waals surface area contributed by atoms with Crippen LogP contribution in [0.4, 0.5) is 5.69 Å². The fourth-order valence-electron chi connectivity index (χ4n) is 2.58. The molecule has 0 amide bonds. The van der Waals surface area contributed by atoms with Gasteiger partial charge in [-0.1, -0.05) is 24.3 Å². The number of hydrogen-bond acceptors (Lipinski definition) is 3. The van der Waals surface area contributed by atoms with Gasteiger partial charge < -0.3 is 14.6 Å². The molecule has 0 fully saturated rings. The van der Waals surface area contributed by atoms with Gasteiger partial charge in [-0.3, -0.25) is 0 Å². The summed E-state index contributed by atoms with van der Waals surface area (Å²) < 4.78 is 11.2. The maximum absolute atomic E-state index is 6.23. The van der Waals surface area contributed by atoms with Crippen molar-refractivity contribution in [3.05, 3.63) is 55.0 Å². The predicted octanol–water partition coefficient (Wildman–Crippen LogP) is 4.43. The Morgan fingerprint density at radius 1 is 0.737 bits per heavy atom. The Labute approximate surface area is 109 Å². The van der Waals surface area contributed by atoms with Gasteiger partial charge in [-0.2, -0.15) is 0 Å². The summed E-state index contributed by atoms with van der Waals surface area (Å²) in [4.78, 5) is 0. The monoisotopic (exact) mass is 249 g/mol. The Morgan fingerprint density at radius 3 is 2.37 bits per heavy atom. The summed E-state index contributed by atoms with van der Waals surface area (Å²) in [6.45, 7) is 0. The summed E-state index contributed by atoms with van der Waals surface area (Å²) in [5.41, 5.74) is 8.70. The van der Waals surface area contributed by atoms with E-state index < -0.39 is 0 Å². The molecule has 0 aliphatic heterocycles. The first-order valence-electron chi connectivity index (χ1n) is 6.07. The average Bonchev–Trinajstić information content (AvgIpc) is 3.10. The van der Waals surface area contributed by atoms with Gasteiger partial charge in [0, 0.05) is 10.8 Å². The molecule has 0 unspecified atom stereocenters. The summed E-state index contributed by atoms with van der Waals surface area (Å²) >= 11 is 0. The van der Waals surface area contributed by atoms with Gasteiger partial charge in [0.05, 0.1) is 23.8 Å². The Kier molecular flexibility index (Phi) is 1.97. The SMILES string of the molecule is Nc1c2ccccc2c(-c2ccco2)c2occc12. The molecule has 0 saturated carbocycles. The van der Waals surface area contributed by atoms with Crippen molar-refractivity contribution in [2.24, 2.45) is 0 Å². The molecule has 2 aromatic heterocycles. The summed E-state index contributed by atoms with van der Waals surface area (Å²) in [6.07, 6.45) is 3.32. The molecule has 0 radical (unpaired) electrons. The van der Waals surface area contributed by atoms with E-state index in [0.717, 1.165) is 38.8 Å². The van der Waals surface area contributed by atoms with E-state index in [9.17, 15) is 0 Å². The van der Waals surface area contributed by atoms with Crippen molar-refractivity contribution in [1.82, 2.24) is 0 Å². The lowest BCUT2D eigenvalue weighted by Crippen LogP contribution is -1.90. The molecule has 0 spiro atoms. The third-order valence-corrected chi connectivity index (χ3v) is 3.44. The standard InChI is InChI=1S/C16H11NO2/c17-15-11-5-2-1-4-10(11)14(13-6-3-8-18-13)16-12(15)7-9-19-16/h1-9H,17H2. The molecule has 0 atom stereocenters. The van der Waals surface area contributed by atoms with E-state index in [1.165, 1.54) is 0 Å². The van der Waals surface area contributed by atoms with Crippen LogP contribution >= 0.6 is 0 Å². The van der Waals surface area contributed by atoms with Gasteiger partial charge in [-0.25, -0.2) is 0 Å².